The van der Waals surface area contributed by atoms with Crippen LogP contribution in [0.1, 0.15) is 17.3 Å². The van der Waals surface area contributed by atoms with Crippen molar-refractivity contribution in [3.8, 4) is 0 Å². The molecule has 0 saturated heterocycles. The van der Waals surface area contributed by atoms with Crippen LogP contribution in [0, 0.1) is 0 Å². The van der Waals surface area contributed by atoms with Gasteiger partial charge in [0.05, 0.1) is 21.3 Å². The molecule has 1 aromatic heterocycles. The molecule has 0 spiro atoms. The number of thiazole rings is 1. The lowest BCUT2D eigenvalue weighted by atomic mass is 10.2. The molecule has 1 atom stereocenters. The van der Waals surface area contributed by atoms with Crippen molar-refractivity contribution in [2.75, 3.05) is 14.1 Å². The second-order valence-electron chi connectivity index (χ2n) is 4.32. The molecule has 0 N–H and O–H groups in total. The number of likely N-dealkylation sites (N-methyl/N-ethyl adjacent to an activating group) is 1. The van der Waals surface area contributed by atoms with Crippen molar-refractivity contribution >= 4 is 33.4 Å². The van der Waals surface area contributed by atoms with Crippen molar-refractivity contribution in [1.82, 2.24) is 9.88 Å². The highest BCUT2D eigenvalue weighted by molar-refractivity contribution is 7.16. The number of amides is 1. The topological polar surface area (TPSA) is 59.5 Å². The Morgan fingerprint density at radius 1 is 1.37 bits per heavy atom. The normalized spacial score (nSPS) is 12.2. The highest BCUT2D eigenvalue weighted by Gasteiger charge is 2.20. The second-order valence-corrected chi connectivity index (χ2v) is 5.20. The SMILES string of the molecule is C[C@H](OC(=O)c1ccc2ncsc2c1)C(=O)N(C)C. The Kier molecular flexibility index (Phi) is 3.80. The van der Waals surface area contributed by atoms with Gasteiger partial charge in [0, 0.05) is 14.1 Å². The summed E-state index contributed by atoms with van der Waals surface area (Å²) in [6, 6.07) is 5.14. The van der Waals surface area contributed by atoms with Crippen LogP contribution in [0.2, 0.25) is 0 Å². The molecule has 0 radical (unpaired) electrons. The molecule has 0 fully saturated rings. The van der Waals surface area contributed by atoms with Gasteiger partial charge in [-0.2, -0.15) is 0 Å². The van der Waals surface area contributed by atoms with Gasteiger partial charge in [0.1, 0.15) is 0 Å². The lowest BCUT2D eigenvalue weighted by Crippen LogP contribution is -2.34. The predicted octanol–water partition coefficient (Wildman–Crippen LogP) is 1.93. The van der Waals surface area contributed by atoms with Crippen LogP contribution in [-0.4, -0.2) is 42.0 Å². The molecule has 2 rings (SSSR count). The number of aromatic nitrogens is 1. The molecule has 1 aromatic carbocycles. The summed E-state index contributed by atoms with van der Waals surface area (Å²) in [5.74, 6) is -0.745. The van der Waals surface area contributed by atoms with E-state index in [1.807, 2.05) is 0 Å². The molecule has 19 heavy (non-hydrogen) atoms. The Morgan fingerprint density at radius 3 is 2.79 bits per heavy atom. The van der Waals surface area contributed by atoms with E-state index >= 15 is 0 Å². The fraction of sp³-hybridized carbons (Fsp3) is 0.308. The van der Waals surface area contributed by atoms with Gasteiger partial charge in [-0.05, 0) is 25.1 Å². The van der Waals surface area contributed by atoms with E-state index in [1.54, 1.807) is 44.7 Å². The van der Waals surface area contributed by atoms with Crippen molar-refractivity contribution in [3.05, 3.63) is 29.3 Å². The van der Waals surface area contributed by atoms with Gasteiger partial charge < -0.3 is 9.64 Å². The van der Waals surface area contributed by atoms with Crippen LogP contribution in [0.15, 0.2) is 23.7 Å². The van der Waals surface area contributed by atoms with Crippen molar-refractivity contribution in [2.24, 2.45) is 0 Å². The molecule has 0 unspecified atom stereocenters. The summed E-state index contributed by atoms with van der Waals surface area (Å²) in [6.07, 6.45) is -0.792. The van der Waals surface area contributed by atoms with Crippen LogP contribution < -0.4 is 0 Å². The molecular weight excluding hydrogens is 264 g/mol. The summed E-state index contributed by atoms with van der Waals surface area (Å²) in [7, 11) is 3.24. The number of fused-ring (bicyclic) bond motifs is 1. The number of esters is 1. The van der Waals surface area contributed by atoms with Gasteiger partial charge in [-0.15, -0.1) is 11.3 Å². The molecule has 0 aliphatic rings. The molecule has 0 aliphatic carbocycles. The Balaban J connectivity index is 2.13. The van der Waals surface area contributed by atoms with Gasteiger partial charge in [-0.1, -0.05) is 0 Å². The third-order valence-corrected chi connectivity index (χ3v) is 3.43. The summed E-state index contributed by atoms with van der Waals surface area (Å²) < 4.78 is 6.06. The van der Waals surface area contributed by atoms with Crippen molar-refractivity contribution < 1.29 is 14.3 Å². The predicted molar refractivity (Wildman–Crippen MR) is 73.2 cm³/mol. The van der Waals surface area contributed by atoms with E-state index < -0.39 is 12.1 Å². The van der Waals surface area contributed by atoms with Crippen LogP contribution in [0.25, 0.3) is 10.2 Å². The number of nitrogens with zero attached hydrogens (tertiary/aromatic N) is 2. The number of benzene rings is 1. The van der Waals surface area contributed by atoms with Crippen LogP contribution in [0.5, 0.6) is 0 Å². The quantitative estimate of drug-likeness (QED) is 0.805. The minimum atomic E-state index is -0.792. The number of carbonyl (C=O) groups excluding carboxylic acids is 2. The number of ether oxygens (including phenoxy) is 1. The van der Waals surface area contributed by atoms with E-state index in [0.717, 1.165) is 10.2 Å². The molecule has 0 saturated carbocycles. The highest BCUT2D eigenvalue weighted by atomic mass is 32.1. The maximum Gasteiger partial charge on any atom is 0.338 e. The van der Waals surface area contributed by atoms with E-state index in [9.17, 15) is 9.59 Å². The van der Waals surface area contributed by atoms with Gasteiger partial charge in [0.25, 0.3) is 5.91 Å². The minimum Gasteiger partial charge on any atom is -0.449 e. The highest BCUT2D eigenvalue weighted by Crippen LogP contribution is 2.19. The Hall–Kier alpha value is -1.95. The monoisotopic (exact) mass is 278 g/mol. The summed E-state index contributed by atoms with van der Waals surface area (Å²) >= 11 is 1.45. The Morgan fingerprint density at radius 2 is 2.11 bits per heavy atom. The fourth-order valence-electron chi connectivity index (χ4n) is 1.62. The minimum absolute atomic E-state index is 0.243. The largest absolute Gasteiger partial charge is 0.449 e. The van der Waals surface area contributed by atoms with Crippen LogP contribution in [0.4, 0.5) is 0 Å². The lowest BCUT2D eigenvalue weighted by Gasteiger charge is -2.17. The number of hydrogen-bond acceptors (Lipinski definition) is 5. The van der Waals surface area contributed by atoms with Gasteiger partial charge in [0.2, 0.25) is 0 Å². The second kappa shape index (κ2) is 5.36. The maximum atomic E-state index is 11.9. The van der Waals surface area contributed by atoms with Crippen molar-refractivity contribution in [1.29, 1.82) is 0 Å². The number of rotatable bonds is 3. The van der Waals surface area contributed by atoms with E-state index in [4.69, 9.17) is 4.74 Å². The third-order valence-electron chi connectivity index (χ3n) is 2.64. The average Bonchev–Trinajstić information content (AvgIpc) is 2.84. The first kappa shape index (κ1) is 13.5. The average molecular weight is 278 g/mol. The summed E-state index contributed by atoms with van der Waals surface area (Å²) in [4.78, 5) is 29.1. The zero-order chi connectivity index (χ0) is 14.0. The first-order valence-electron chi connectivity index (χ1n) is 5.74. The first-order valence-corrected chi connectivity index (χ1v) is 6.62. The fourth-order valence-corrected chi connectivity index (χ4v) is 2.34. The molecule has 1 heterocycles. The number of hydrogen-bond donors (Lipinski definition) is 0. The van der Waals surface area contributed by atoms with Crippen molar-refractivity contribution in [2.45, 2.75) is 13.0 Å². The zero-order valence-corrected chi connectivity index (χ0v) is 11.7. The van der Waals surface area contributed by atoms with E-state index in [1.165, 1.54) is 16.2 Å². The van der Waals surface area contributed by atoms with Gasteiger partial charge >= 0.3 is 5.97 Å². The summed E-state index contributed by atoms with van der Waals surface area (Å²) in [5, 5.41) is 0. The molecule has 2 aromatic rings. The zero-order valence-electron chi connectivity index (χ0n) is 10.9. The van der Waals surface area contributed by atoms with Gasteiger partial charge in [0.15, 0.2) is 6.10 Å². The van der Waals surface area contributed by atoms with Crippen molar-refractivity contribution in [3.63, 3.8) is 0 Å². The first-order chi connectivity index (χ1) is 8.99. The van der Waals surface area contributed by atoms with Crippen LogP contribution >= 0.6 is 11.3 Å². The molecular formula is C13H14N2O3S. The summed E-state index contributed by atoms with van der Waals surface area (Å²) in [5.41, 5.74) is 2.99. The smallest absolute Gasteiger partial charge is 0.338 e. The third kappa shape index (κ3) is 2.90. The van der Waals surface area contributed by atoms with Gasteiger partial charge in [-0.25, -0.2) is 9.78 Å². The Labute approximate surface area is 114 Å². The number of carbonyl (C=O) groups is 2. The van der Waals surface area contributed by atoms with E-state index in [0.29, 0.717) is 5.56 Å². The Bertz CT molecular complexity index is 621. The molecule has 6 heteroatoms. The lowest BCUT2D eigenvalue weighted by molar-refractivity contribution is -0.137. The van der Waals surface area contributed by atoms with Crippen LogP contribution in [0.3, 0.4) is 0 Å². The molecule has 100 valence electrons. The molecule has 1 amide bonds. The summed E-state index contributed by atoms with van der Waals surface area (Å²) in [6.45, 7) is 1.56. The van der Waals surface area contributed by atoms with Crippen LogP contribution in [-0.2, 0) is 9.53 Å². The van der Waals surface area contributed by atoms with E-state index in [-0.39, 0.29) is 5.91 Å². The molecule has 0 bridgehead atoms. The van der Waals surface area contributed by atoms with E-state index in [2.05, 4.69) is 4.98 Å². The maximum absolute atomic E-state index is 11.9. The standard InChI is InChI=1S/C13H14N2O3S/c1-8(12(16)15(2)3)18-13(17)9-4-5-10-11(6-9)19-7-14-10/h4-8H,1-3H3/t8-/m0/s1. The molecule has 0 aliphatic heterocycles. The molecule has 5 nitrogen and oxygen atoms in total. The van der Waals surface area contributed by atoms with Gasteiger partial charge in [-0.3, -0.25) is 4.79 Å².